The van der Waals surface area contributed by atoms with E-state index in [1.54, 1.807) is 6.92 Å². The van der Waals surface area contributed by atoms with Crippen LogP contribution in [0.5, 0.6) is 0 Å². The number of aliphatic hydroxyl groups excluding tert-OH is 1. The van der Waals surface area contributed by atoms with Gasteiger partial charge < -0.3 is 9.52 Å². The molecule has 1 heterocycles. The average molecular weight is 230 g/mol. The van der Waals surface area contributed by atoms with E-state index in [9.17, 15) is 5.11 Å². The first-order valence-corrected chi connectivity index (χ1v) is 6.05. The maximum absolute atomic E-state index is 9.29. The summed E-state index contributed by atoms with van der Waals surface area (Å²) in [5.41, 5.74) is 2.41. The van der Waals surface area contributed by atoms with Gasteiger partial charge in [0.25, 0.3) is 0 Å². The lowest BCUT2D eigenvalue weighted by atomic mass is 10.1. The summed E-state index contributed by atoms with van der Waals surface area (Å²) < 4.78 is 5.69. The van der Waals surface area contributed by atoms with Gasteiger partial charge in [0, 0.05) is 12.0 Å². The number of aryl methyl sites for hydroxylation is 1. The molecule has 0 radical (unpaired) electrons. The van der Waals surface area contributed by atoms with Crippen LogP contribution in [0.3, 0.4) is 0 Å². The van der Waals surface area contributed by atoms with Crippen molar-refractivity contribution in [2.75, 3.05) is 0 Å². The maximum atomic E-state index is 9.29. The van der Waals surface area contributed by atoms with E-state index in [0.29, 0.717) is 6.42 Å². The average Bonchev–Trinajstić information content (AvgIpc) is 2.77. The second kappa shape index (κ2) is 5.19. The molecular formula is C15H18O2. The van der Waals surface area contributed by atoms with E-state index in [4.69, 9.17) is 4.42 Å². The predicted octanol–water partition coefficient (Wildman–Crippen LogP) is 3.43. The number of aliphatic hydroxyl groups is 1. The Labute approximate surface area is 102 Å². The van der Waals surface area contributed by atoms with Crippen LogP contribution >= 0.6 is 0 Å². The number of hydrogen-bond acceptors (Lipinski definition) is 2. The van der Waals surface area contributed by atoms with Crippen molar-refractivity contribution in [1.29, 1.82) is 0 Å². The van der Waals surface area contributed by atoms with Crippen molar-refractivity contribution >= 4 is 0 Å². The van der Waals surface area contributed by atoms with Gasteiger partial charge in [0.1, 0.15) is 11.5 Å². The van der Waals surface area contributed by atoms with Gasteiger partial charge in [0.2, 0.25) is 0 Å². The molecule has 2 rings (SSSR count). The Morgan fingerprint density at radius 2 is 1.82 bits per heavy atom. The molecule has 1 aromatic carbocycles. The Morgan fingerprint density at radius 1 is 1.12 bits per heavy atom. The molecule has 0 amide bonds. The smallest absolute Gasteiger partial charge is 0.134 e. The number of benzene rings is 1. The zero-order chi connectivity index (χ0) is 12.3. The minimum Gasteiger partial charge on any atom is -0.461 e. The van der Waals surface area contributed by atoms with Gasteiger partial charge in [0.05, 0.1) is 6.10 Å². The first-order chi connectivity index (χ1) is 8.19. The highest BCUT2D eigenvalue weighted by atomic mass is 16.3. The van der Waals surface area contributed by atoms with Gasteiger partial charge in [-0.15, -0.1) is 0 Å². The lowest BCUT2D eigenvalue weighted by Crippen LogP contribution is -2.02. The van der Waals surface area contributed by atoms with Crippen molar-refractivity contribution in [2.24, 2.45) is 0 Å². The Kier molecular flexibility index (Phi) is 3.64. The van der Waals surface area contributed by atoms with E-state index in [2.05, 4.69) is 31.2 Å². The van der Waals surface area contributed by atoms with Crippen LogP contribution in [0.1, 0.15) is 25.2 Å². The van der Waals surface area contributed by atoms with Crippen LogP contribution in [0.25, 0.3) is 11.3 Å². The molecule has 0 saturated carbocycles. The summed E-state index contributed by atoms with van der Waals surface area (Å²) in [5, 5.41) is 9.29. The fourth-order valence-electron chi connectivity index (χ4n) is 1.84. The van der Waals surface area contributed by atoms with Crippen LogP contribution in [-0.2, 0) is 12.8 Å². The monoisotopic (exact) mass is 230 g/mol. The summed E-state index contributed by atoms with van der Waals surface area (Å²) in [5.74, 6) is 1.69. The van der Waals surface area contributed by atoms with Crippen LogP contribution in [0, 0.1) is 0 Å². The fourth-order valence-corrected chi connectivity index (χ4v) is 1.84. The van der Waals surface area contributed by atoms with E-state index in [-0.39, 0.29) is 6.10 Å². The lowest BCUT2D eigenvalue weighted by molar-refractivity contribution is 0.187. The Balaban J connectivity index is 2.18. The fraction of sp³-hybridized carbons (Fsp3) is 0.333. The first kappa shape index (κ1) is 11.9. The standard InChI is InChI=1S/C15H18O2/c1-3-12-4-6-13(7-5-12)15-9-8-14(17-15)10-11(2)16/h4-9,11,16H,3,10H2,1-2H3. The molecule has 0 fully saturated rings. The summed E-state index contributed by atoms with van der Waals surface area (Å²) in [7, 11) is 0. The summed E-state index contributed by atoms with van der Waals surface area (Å²) in [6.45, 7) is 3.90. The summed E-state index contributed by atoms with van der Waals surface area (Å²) in [6, 6.07) is 12.3. The van der Waals surface area contributed by atoms with Gasteiger partial charge in [-0.1, -0.05) is 31.2 Å². The molecule has 1 N–H and O–H groups in total. The molecule has 17 heavy (non-hydrogen) atoms. The second-order valence-electron chi connectivity index (χ2n) is 4.37. The van der Waals surface area contributed by atoms with Gasteiger partial charge >= 0.3 is 0 Å². The zero-order valence-electron chi connectivity index (χ0n) is 10.3. The molecule has 1 aromatic heterocycles. The van der Waals surface area contributed by atoms with Gasteiger partial charge in [-0.2, -0.15) is 0 Å². The van der Waals surface area contributed by atoms with Gasteiger partial charge in [0.15, 0.2) is 0 Å². The molecule has 2 heteroatoms. The predicted molar refractivity (Wildman–Crippen MR) is 68.9 cm³/mol. The zero-order valence-corrected chi connectivity index (χ0v) is 10.3. The Morgan fingerprint density at radius 3 is 2.41 bits per heavy atom. The Hall–Kier alpha value is -1.54. The molecule has 2 nitrogen and oxygen atoms in total. The normalized spacial score (nSPS) is 12.6. The third kappa shape index (κ3) is 2.98. The molecule has 0 spiro atoms. The third-order valence-electron chi connectivity index (χ3n) is 2.80. The second-order valence-corrected chi connectivity index (χ2v) is 4.37. The topological polar surface area (TPSA) is 33.4 Å². The molecule has 0 aliphatic rings. The van der Waals surface area contributed by atoms with Crippen molar-refractivity contribution in [2.45, 2.75) is 32.8 Å². The molecule has 1 atom stereocenters. The lowest BCUT2D eigenvalue weighted by Gasteiger charge is -2.01. The summed E-state index contributed by atoms with van der Waals surface area (Å²) in [6.07, 6.45) is 1.25. The minimum atomic E-state index is -0.364. The van der Waals surface area contributed by atoms with Crippen LogP contribution in [0.15, 0.2) is 40.8 Å². The van der Waals surface area contributed by atoms with E-state index in [1.165, 1.54) is 5.56 Å². The van der Waals surface area contributed by atoms with E-state index in [1.807, 2.05) is 12.1 Å². The molecule has 2 aromatic rings. The van der Waals surface area contributed by atoms with Crippen molar-refractivity contribution in [1.82, 2.24) is 0 Å². The van der Waals surface area contributed by atoms with Gasteiger partial charge in [-0.3, -0.25) is 0 Å². The summed E-state index contributed by atoms with van der Waals surface area (Å²) in [4.78, 5) is 0. The Bertz CT molecular complexity index is 466. The third-order valence-corrected chi connectivity index (χ3v) is 2.80. The van der Waals surface area contributed by atoms with Crippen molar-refractivity contribution in [3.05, 3.63) is 47.7 Å². The highest BCUT2D eigenvalue weighted by Crippen LogP contribution is 2.23. The molecule has 0 saturated heterocycles. The summed E-state index contributed by atoms with van der Waals surface area (Å²) >= 11 is 0. The largest absolute Gasteiger partial charge is 0.461 e. The van der Waals surface area contributed by atoms with Crippen LogP contribution in [0.4, 0.5) is 0 Å². The van der Waals surface area contributed by atoms with Crippen molar-refractivity contribution < 1.29 is 9.52 Å². The minimum absolute atomic E-state index is 0.364. The number of hydrogen-bond donors (Lipinski definition) is 1. The quantitative estimate of drug-likeness (QED) is 0.873. The van der Waals surface area contributed by atoms with Crippen molar-refractivity contribution in [3.63, 3.8) is 0 Å². The molecular weight excluding hydrogens is 212 g/mol. The number of furan rings is 1. The van der Waals surface area contributed by atoms with Gasteiger partial charge in [-0.25, -0.2) is 0 Å². The van der Waals surface area contributed by atoms with Crippen LogP contribution in [-0.4, -0.2) is 11.2 Å². The first-order valence-electron chi connectivity index (χ1n) is 6.05. The van der Waals surface area contributed by atoms with Crippen LogP contribution in [0.2, 0.25) is 0 Å². The molecule has 90 valence electrons. The van der Waals surface area contributed by atoms with E-state index >= 15 is 0 Å². The SMILES string of the molecule is CCc1ccc(-c2ccc(CC(C)O)o2)cc1. The van der Waals surface area contributed by atoms with Crippen molar-refractivity contribution in [3.8, 4) is 11.3 Å². The molecule has 0 aliphatic heterocycles. The highest BCUT2D eigenvalue weighted by molar-refractivity contribution is 5.57. The molecule has 0 bridgehead atoms. The van der Waals surface area contributed by atoms with Crippen LogP contribution < -0.4 is 0 Å². The highest BCUT2D eigenvalue weighted by Gasteiger charge is 2.06. The molecule has 1 unspecified atom stereocenters. The molecule has 0 aliphatic carbocycles. The van der Waals surface area contributed by atoms with E-state index in [0.717, 1.165) is 23.5 Å². The number of rotatable bonds is 4. The van der Waals surface area contributed by atoms with Gasteiger partial charge in [-0.05, 0) is 31.0 Å². The maximum Gasteiger partial charge on any atom is 0.134 e. The van der Waals surface area contributed by atoms with E-state index < -0.39 is 0 Å².